The minimum Gasteiger partial charge on any atom is -0.497 e. The molecule has 0 spiro atoms. The average Bonchev–Trinajstić information content (AvgIpc) is 2.82. The monoisotopic (exact) mass is 414 g/mol. The molecule has 1 aromatic heterocycles. The number of hydrogen-bond acceptors (Lipinski definition) is 5. The fourth-order valence-corrected chi connectivity index (χ4v) is 3.41. The Hall–Kier alpha value is -4.06. The Morgan fingerprint density at radius 2 is 1.45 bits per heavy atom. The molecular weight excluding hydrogens is 392 g/mol. The van der Waals surface area contributed by atoms with Crippen LogP contribution in [0.25, 0.3) is 10.8 Å². The molecule has 0 saturated heterocycles. The number of pyridine rings is 1. The Kier molecular flexibility index (Phi) is 5.71. The molecule has 1 heterocycles. The van der Waals surface area contributed by atoms with Gasteiger partial charge >= 0.3 is 0 Å². The van der Waals surface area contributed by atoms with Crippen molar-refractivity contribution in [2.75, 3.05) is 14.2 Å². The molecule has 0 radical (unpaired) electrons. The van der Waals surface area contributed by atoms with Crippen LogP contribution < -0.4 is 15.0 Å². The Bertz CT molecular complexity index is 1290. The molecule has 0 atom stereocenters. The third kappa shape index (κ3) is 4.14. The van der Waals surface area contributed by atoms with Gasteiger partial charge in [-0.05, 0) is 48.0 Å². The van der Waals surface area contributed by atoms with E-state index in [9.17, 15) is 9.90 Å². The van der Waals surface area contributed by atoms with Gasteiger partial charge in [-0.3, -0.25) is 14.4 Å². The lowest BCUT2D eigenvalue weighted by atomic mass is 10.1. The quantitative estimate of drug-likeness (QED) is 0.471. The average molecular weight is 414 g/mol. The number of benzene rings is 3. The molecule has 156 valence electrons. The highest BCUT2D eigenvalue weighted by molar-refractivity contribution is 6.02. The van der Waals surface area contributed by atoms with E-state index in [1.807, 2.05) is 66.7 Å². The number of aromatic hydroxyl groups is 1. The van der Waals surface area contributed by atoms with Crippen LogP contribution in [0.1, 0.15) is 11.1 Å². The number of fused-ring (bicyclic) bond motifs is 1. The minimum absolute atomic E-state index is 0.128. The molecule has 6 nitrogen and oxygen atoms in total. The summed E-state index contributed by atoms with van der Waals surface area (Å²) in [7, 11) is 3.21. The van der Waals surface area contributed by atoms with Gasteiger partial charge in [-0.1, -0.05) is 30.3 Å². The van der Waals surface area contributed by atoms with Crippen LogP contribution in [0.15, 0.2) is 82.6 Å². The molecule has 0 aliphatic heterocycles. The van der Waals surface area contributed by atoms with E-state index in [1.165, 1.54) is 4.57 Å². The van der Waals surface area contributed by atoms with Gasteiger partial charge in [-0.25, -0.2) is 0 Å². The van der Waals surface area contributed by atoms with Crippen LogP contribution in [0.5, 0.6) is 17.4 Å². The molecule has 0 fully saturated rings. The molecule has 0 aliphatic carbocycles. The maximum atomic E-state index is 13.1. The van der Waals surface area contributed by atoms with E-state index in [1.54, 1.807) is 26.5 Å². The summed E-state index contributed by atoms with van der Waals surface area (Å²) >= 11 is 0. The molecule has 0 aliphatic rings. The van der Waals surface area contributed by atoms with Crippen molar-refractivity contribution in [1.29, 1.82) is 0 Å². The van der Waals surface area contributed by atoms with Crippen molar-refractivity contribution in [1.82, 2.24) is 4.57 Å². The first-order valence-corrected chi connectivity index (χ1v) is 9.76. The maximum absolute atomic E-state index is 13.1. The third-order valence-electron chi connectivity index (χ3n) is 5.10. The van der Waals surface area contributed by atoms with E-state index < -0.39 is 0 Å². The zero-order valence-corrected chi connectivity index (χ0v) is 17.3. The van der Waals surface area contributed by atoms with Crippen LogP contribution in [0, 0.1) is 0 Å². The SMILES string of the molecule is COc1ccc(Cn2c(O)c(C=Nc3ccc(OC)cc3)c3ccccc3c2=O)cc1. The van der Waals surface area contributed by atoms with E-state index in [-0.39, 0.29) is 18.0 Å². The summed E-state index contributed by atoms with van der Waals surface area (Å²) in [4.78, 5) is 17.6. The second-order valence-corrected chi connectivity index (χ2v) is 6.98. The van der Waals surface area contributed by atoms with Crippen molar-refractivity contribution >= 4 is 22.7 Å². The zero-order valence-electron chi connectivity index (χ0n) is 17.3. The molecule has 4 rings (SSSR count). The topological polar surface area (TPSA) is 73.1 Å². The second kappa shape index (κ2) is 8.75. The first-order valence-electron chi connectivity index (χ1n) is 9.76. The summed E-state index contributed by atoms with van der Waals surface area (Å²) in [6.07, 6.45) is 1.59. The summed E-state index contributed by atoms with van der Waals surface area (Å²) in [5.74, 6) is 1.34. The highest BCUT2D eigenvalue weighted by atomic mass is 16.5. The van der Waals surface area contributed by atoms with Crippen molar-refractivity contribution in [2.24, 2.45) is 4.99 Å². The molecule has 1 N–H and O–H groups in total. The predicted molar refractivity (Wildman–Crippen MR) is 122 cm³/mol. The van der Waals surface area contributed by atoms with Crippen LogP contribution in [0.3, 0.4) is 0 Å². The standard InChI is InChI=1S/C25H22N2O4/c1-30-19-11-7-17(8-12-19)16-27-24(28)22-6-4-3-5-21(22)23(25(27)29)15-26-18-9-13-20(31-2)14-10-18/h3-15,29H,16H2,1-2H3. The molecule has 31 heavy (non-hydrogen) atoms. The van der Waals surface area contributed by atoms with Gasteiger partial charge in [0.25, 0.3) is 5.56 Å². The Morgan fingerprint density at radius 3 is 2.06 bits per heavy atom. The normalized spacial score (nSPS) is 11.2. The van der Waals surface area contributed by atoms with Crippen LogP contribution in [0.4, 0.5) is 5.69 Å². The molecule has 3 aromatic carbocycles. The van der Waals surface area contributed by atoms with E-state index in [0.29, 0.717) is 22.0 Å². The first-order chi connectivity index (χ1) is 15.1. The largest absolute Gasteiger partial charge is 0.497 e. The van der Waals surface area contributed by atoms with Crippen molar-refractivity contribution in [3.8, 4) is 17.4 Å². The minimum atomic E-state index is -0.259. The number of hydrogen-bond donors (Lipinski definition) is 1. The fraction of sp³-hybridized carbons (Fsp3) is 0.120. The van der Waals surface area contributed by atoms with E-state index in [2.05, 4.69) is 4.99 Å². The highest BCUT2D eigenvalue weighted by Gasteiger charge is 2.15. The summed E-state index contributed by atoms with van der Waals surface area (Å²) in [5.41, 5.74) is 1.80. The molecule has 0 bridgehead atoms. The lowest BCUT2D eigenvalue weighted by molar-refractivity contribution is 0.412. The number of methoxy groups -OCH3 is 2. The molecule has 6 heteroatoms. The predicted octanol–water partition coefficient (Wildman–Crippen LogP) is 4.52. The molecule has 4 aromatic rings. The molecular formula is C25H22N2O4. The smallest absolute Gasteiger partial charge is 0.261 e. The Morgan fingerprint density at radius 1 is 0.871 bits per heavy atom. The summed E-state index contributed by atoms with van der Waals surface area (Å²) in [5, 5.41) is 12.2. The van der Waals surface area contributed by atoms with Gasteiger partial charge in [0.05, 0.1) is 32.0 Å². The van der Waals surface area contributed by atoms with Crippen molar-refractivity contribution in [2.45, 2.75) is 6.54 Å². The van der Waals surface area contributed by atoms with Crippen LogP contribution in [0.2, 0.25) is 0 Å². The number of rotatable bonds is 6. The van der Waals surface area contributed by atoms with Gasteiger partial charge in [0.2, 0.25) is 5.88 Å². The lowest BCUT2D eigenvalue weighted by Crippen LogP contribution is -2.22. The fourth-order valence-electron chi connectivity index (χ4n) is 3.41. The number of ether oxygens (including phenoxy) is 2. The van der Waals surface area contributed by atoms with Gasteiger partial charge < -0.3 is 14.6 Å². The van der Waals surface area contributed by atoms with Crippen LogP contribution >= 0.6 is 0 Å². The zero-order chi connectivity index (χ0) is 21.8. The van der Waals surface area contributed by atoms with Gasteiger partial charge in [-0.15, -0.1) is 0 Å². The van der Waals surface area contributed by atoms with Crippen molar-refractivity contribution < 1.29 is 14.6 Å². The van der Waals surface area contributed by atoms with Crippen LogP contribution in [-0.4, -0.2) is 30.1 Å². The third-order valence-corrected chi connectivity index (χ3v) is 5.10. The number of aliphatic imine (C=N–C) groups is 1. The van der Waals surface area contributed by atoms with Crippen molar-refractivity contribution in [3.05, 3.63) is 94.3 Å². The molecule has 0 amide bonds. The van der Waals surface area contributed by atoms with Gasteiger partial charge in [-0.2, -0.15) is 0 Å². The van der Waals surface area contributed by atoms with Crippen LogP contribution in [-0.2, 0) is 6.54 Å². The van der Waals surface area contributed by atoms with Gasteiger partial charge in [0.15, 0.2) is 0 Å². The summed E-state index contributed by atoms with van der Waals surface area (Å²) < 4.78 is 11.7. The lowest BCUT2D eigenvalue weighted by Gasteiger charge is -2.14. The Balaban J connectivity index is 1.79. The molecule has 0 unspecified atom stereocenters. The summed E-state index contributed by atoms with van der Waals surface area (Å²) in [6, 6.07) is 21.9. The maximum Gasteiger partial charge on any atom is 0.261 e. The second-order valence-electron chi connectivity index (χ2n) is 6.98. The first kappa shape index (κ1) is 20.2. The number of nitrogens with zero attached hydrogens (tertiary/aromatic N) is 2. The van der Waals surface area contributed by atoms with Gasteiger partial charge in [0, 0.05) is 17.0 Å². The van der Waals surface area contributed by atoms with E-state index in [4.69, 9.17) is 9.47 Å². The Labute approximate surface area is 179 Å². The van der Waals surface area contributed by atoms with Gasteiger partial charge in [0.1, 0.15) is 11.5 Å². The highest BCUT2D eigenvalue weighted by Crippen LogP contribution is 2.25. The van der Waals surface area contributed by atoms with Crippen molar-refractivity contribution in [3.63, 3.8) is 0 Å². The van der Waals surface area contributed by atoms with E-state index in [0.717, 1.165) is 17.1 Å². The van der Waals surface area contributed by atoms with E-state index >= 15 is 0 Å². The molecule has 0 saturated carbocycles. The summed E-state index contributed by atoms with van der Waals surface area (Å²) in [6.45, 7) is 0.225. The number of aromatic nitrogens is 1.